The number of thiazole rings is 1. The predicted molar refractivity (Wildman–Crippen MR) is 133 cm³/mol. The molecular weight excluding hydrogens is 495 g/mol. The average molecular weight is 521 g/mol. The SMILES string of the molecule is O=C(CCCC(=O)N1CCC2(C1)CN(C(=O)Cc1ncc(Cl)s1)c1ccc(Cl)cc12)N1CCC1. The van der Waals surface area contributed by atoms with E-state index < -0.39 is 0 Å². The lowest BCUT2D eigenvalue weighted by Crippen LogP contribution is -2.42. The Bertz CT molecular complexity index is 1140. The number of carbonyl (C=O) groups excluding carboxylic acids is 3. The van der Waals surface area contributed by atoms with E-state index in [0.717, 1.165) is 37.2 Å². The molecule has 1 unspecified atom stereocenters. The van der Waals surface area contributed by atoms with Crippen LogP contribution in [-0.4, -0.2) is 65.2 Å². The van der Waals surface area contributed by atoms with Crippen molar-refractivity contribution in [2.24, 2.45) is 0 Å². The minimum Gasteiger partial charge on any atom is -0.343 e. The molecule has 3 aliphatic rings. The molecule has 0 aliphatic carbocycles. The van der Waals surface area contributed by atoms with Gasteiger partial charge in [0.05, 0.1) is 12.6 Å². The number of rotatable bonds is 6. The highest BCUT2D eigenvalue weighted by Crippen LogP contribution is 2.47. The molecule has 1 aromatic heterocycles. The van der Waals surface area contributed by atoms with Crippen LogP contribution < -0.4 is 4.90 Å². The molecule has 3 amide bonds. The summed E-state index contributed by atoms with van der Waals surface area (Å²) in [5, 5.41) is 1.30. The van der Waals surface area contributed by atoms with Crippen molar-refractivity contribution in [2.45, 2.75) is 43.9 Å². The Morgan fingerprint density at radius 2 is 1.76 bits per heavy atom. The molecule has 3 aliphatic heterocycles. The maximum absolute atomic E-state index is 13.2. The van der Waals surface area contributed by atoms with E-state index in [1.165, 1.54) is 11.3 Å². The Morgan fingerprint density at radius 3 is 2.44 bits per heavy atom. The molecule has 0 N–H and O–H groups in total. The Balaban J connectivity index is 1.26. The first-order chi connectivity index (χ1) is 16.3. The van der Waals surface area contributed by atoms with Gasteiger partial charge in [0, 0.05) is 61.7 Å². The molecule has 5 rings (SSSR count). The van der Waals surface area contributed by atoms with Gasteiger partial charge in [-0.2, -0.15) is 0 Å². The number of hydrogen-bond donors (Lipinski definition) is 0. The molecule has 2 aromatic rings. The highest BCUT2D eigenvalue weighted by molar-refractivity contribution is 7.15. The van der Waals surface area contributed by atoms with Crippen LogP contribution >= 0.6 is 34.5 Å². The summed E-state index contributed by atoms with van der Waals surface area (Å²) in [6, 6.07) is 5.63. The second-order valence-corrected chi connectivity index (χ2v) is 11.5. The van der Waals surface area contributed by atoms with Crippen molar-refractivity contribution in [1.82, 2.24) is 14.8 Å². The number of hydrogen-bond acceptors (Lipinski definition) is 5. The van der Waals surface area contributed by atoms with Crippen molar-refractivity contribution in [2.75, 3.05) is 37.6 Å². The van der Waals surface area contributed by atoms with Gasteiger partial charge in [0.15, 0.2) is 0 Å². The fourth-order valence-corrected chi connectivity index (χ4v) is 6.28. The Labute approximate surface area is 212 Å². The normalized spacial score (nSPS) is 21.2. The smallest absolute Gasteiger partial charge is 0.233 e. The van der Waals surface area contributed by atoms with Crippen LogP contribution in [0, 0.1) is 0 Å². The molecule has 1 atom stereocenters. The number of benzene rings is 1. The molecule has 0 radical (unpaired) electrons. The summed E-state index contributed by atoms with van der Waals surface area (Å²) < 4.78 is 0.560. The van der Waals surface area contributed by atoms with Gasteiger partial charge in [0.25, 0.3) is 0 Å². The van der Waals surface area contributed by atoms with Gasteiger partial charge < -0.3 is 14.7 Å². The van der Waals surface area contributed by atoms with Crippen LogP contribution in [0.1, 0.15) is 42.7 Å². The molecule has 180 valence electrons. The molecule has 34 heavy (non-hydrogen) atoms. The lowest BCUT2D eigenvalue weighted by molar-refractivity contribution is -0.135. The average Bonchev–Trinajstić information content (AvgIpc) is 3.45. The van der Waals surface area contributed by atoms with E-state index in [1.54, 1.807) is 17.2 Å². The van der Waals surface area contributed by atoms with Crippen LogP contribution in [0.25, 0.3) is 0 Å². The molecule has 2 fully saturated rings. The third-order valence-electron chi connectivity index (χ3n) is 7.11. The highest BCUT2D eigenvalue weighted by atomic mass is 35.5. The van der Waals surface area contributed by atoms with Crippen molar-refractivity contribution in [3.8, 4) is 0 Å². The van der Waals surface area contributed by atoms with Crippen LogP contribution in [0.5, 0.6) is 0 Å². The lowest BCUT2D eigenvalue weighted by Gasteiger charge is -2.31. The molecule has 0 saturated carbocycles. The number of halogens is 2. The summed E-state index contributed by atoms with van der Waals surface area (Å²) in [4.78, 5) is 48.0. The van der Waals surface area contributed by atoms with Gasteiger partial charge in [-0.05, 0) is 43.0 Å². The number of fused-ring (bicyclic) bond motifs is 2. The van der Waals surface area contributed by atoms with Crippen molar-refractivity contribution in [3.05, 3.63) is 44.3 Å². The topological polar surface area (TPSA) is 73.8 Å². The summed E-state index contributed by atoms with van der Waals surface area (Å²) in [7, 11) is 0. The van der Waals surface area contributed by atoms with Gasteiger partial charge >= 0.3 is 0 Å². The van der Waals surface area contributed by atoms with Crippen LogP contribution in [-0.2, 0) is 26.2 Å². The van der Waals surface area contributed by atoms with Crippen LogP contribution in [0.4, 0.5) is 5.69 Å². The summed E-state index contributed by atoms with van der Waals surface area (Å²) >= 11 is 13.6. The monoisotopic (exact) mass is 520 g/mol. The molecule has 1 aromatic carbocycles. The second-order valence-electron chi connectivity index (χ2n) is 9.31. The largest absolute Gasteiger partial charge is 0.343 e. The zero-order valence-electron chi connectivity index (χ0n) is 18.8. The summed E-state index contributed by atoms with van der Waals surface area (Å²) in [5.41, 5.74) is 1.54. The van der Waals surface area contributed by atoms with E-state index in [2.05, 4.69) is 4.98 Å². The fourth-order valence-electron chi connectivity index (χ4n) is 5.17. The first-order valence-electron chi connectivity index (χ1n) is 11.6. The first kappa shape index (κ1) is 23.6. The third-order valence-corrected chi connectivity index (χ3v) is 8.46. The zero-order chi connectivity index (χ0) is 23.9. The molecule has 7 nitrogen and oxygen atoms in total. The number of carbonyl (C=O) groups is 3. The highest BCUT2D eigenvalue weighted by Gasteiger charge is 2.49. The molecular formula is C24H26Cl2N4O3S. The van der Waals surface area contributed by atoms with Gasteiger partial charge in [0.1, 0.15) is 9.34 Å². The van der Waals surface area contributed by atoms with Crippen LogP contribution in [0.3, 0.4) is 0 Å². The van der Waals surface area contributed by atoms with Crippen molar-refractivity contribution < 1.29 is 14.4 Å². The summed E-state index contributed by atoms with van der Waals surface area (Å²) in [6.07, 6.45) is 4.95. The van der Waals surface area contributed by atoms with Gasteiger partial charge in [-0.25, -0.2) is 4.98 Å². The van der Waals surface area contributed by atoms with E-state index in [-0.39, 0.29) is 29.6 Å². The number of amides is 3. The maximum atomic E-state index is 13.2. The molecule has 0 bridgehead atoms. The molecule has 4 heterocycles. The van der Waals surface area contributed by atoms with Crippen molar-refractivity contribution in [3.63, 3.8) is 0 Å². The van der Waals surface area contributed by atoms with Crippen LogP contribution in [0.15, 0.2) is 24.4 Å². The third kappa shape index (κ3) is 4.55. The lowest BCUT2D eigenvalue weighted by atomic mass is 9.81. The molecule has 10 heteroatoms. The number of aromatic nitrogens is 1. The summed E-state index contributed by atoms with van der Waals surface area (Å²) in [5.74, 6) is 0.173. The van der Waals surface area contributed by atoms with Gasteiger partial charge in [-0.3, -0.25) is 14.4 Å². The number of anilines is 1. The molecule has 2 saturated heterocycles. The Hall–Kier alpha value is -2.16. The number of likely N-dealkylation sites (tertiary alicyclic amines) is 2. The van der Waals surface area contributed by atoms with Gasteiger partial charge in [-0.15, -0.1) is 11.3 Å². The quantitative estimate of drug-likeness (QED) is 0.578. The second kappa shape index (κ2) is 9.47. The Kier molecular flexibility index (Phi) is 6.57. The van der Waals surface area contributed by atoms with Gasteiger partial charge in [-0.1, -0.05) is 23.2 Å². The minimum atomic E-state index is -0.334. The zero-order valence-corrected chi connectivity index (χ0v) is 21.1. The van der Waals surface area contributed by atoms with E-state index >= 15 is 0 Å². The van der Waals surface area contributed by atoms with E-state index in [9.17, 15) is 14.4 Å². The minimum absolute atomic E-state index is 0.0410. The number of nitrogens with zero attached hydrogens (tertiary/aromatic N) is 4. The van der Waals surface area contributed by atoms with Crippen molar-refractivity contribution >= 4 is 57.9 Å². The first-order valence-corrected chi connectivity index (χ1v) is 13.2. The molecule has 1 spiro atoms. The summed E-state index contributed by atoms with van der Waals surface area (Å²) in [6.45, 7) is 3.38. The van der Waals surface area contributed by atoms with E-state index in [1.807, 2.05) is 21.9 Å². The van der Waals surface area contributed by atoms with Crippen molar-refractivity contribution in [1.29, 1.82) is 0 Å². The Morgan fingerprint density at radius 1 is 1.00 bits per heavy atom. The van der Waals surface area contributed by atoms with Crippen LogP contribution in [0.2, 0.25) is 9.36 Å². The van der Waals surface area contributed by atoms with E-state index in [0.29, 0.717) is 53.3 Å². The van der Waals surface area contributed by atoms with Gasteiger partial charge in [0.2, 0.25) is 17.7 Å². The maximum Gasteiger partial charge on any atom is 0.233 e. The van der Waals surface area contributed by atoms with E-state index in [4.69, 9.17) is 23.2 Å². The fraction of sp³-hybridized carbons (Fsp3) is 0.500. The predicted octanol–water partition coefficient (Wildman–Crippen LogP) is 3.91. The standard InChI is InChI=1S/C24H26Cl2N4O3S/c25-16-5-6-18-17(11-16)24(15-30(18)23(33)12-20-27-13-19(26)34-20)7-10-29(14-24)22(32)4-1-3-21(31)28-8-2-9-28/h5-6,11,13H,1-4,7-10,12,14-15H2.